The molecule has 0 rings (SSSR count). The van der Waals surface area contributed by atoms with Gasteiger partial charge in [-0.3, -0.25) is 4.57 Å². The summed E-state index contributed by atoms with van der Waals surface area (Å²) in [6, 6.07) is 0. The highest BCUT2D eigenvalue weighted by Gasteiger charge is 2.92. The Morgan fingerprint density at radius 1 is 0.548 bits per heavy atom. The first-order valence-electron chi connectivity index (χ1n) is 6.69. The van der Waals surface area contributed by atoms with Gasteiger partial charge in [0.1, 0.15) is 0 Å². The van der Waals surface area contributed by atoms with Crippen molar-refractivity contribution in [1.82, 2.24) is 0 Å². The van der Waals surface area contributed by atoms with Crippen LogP contribution in [0.4, 0.5) is 74.6 Å². The molecule has 21 heteroatoms. The SMILES string of the molecule is O=P(O)(O)C(F)C(F)(F)C(F)(F)C(F)(F)C(F)(F)C(F)(F)C(F)(F)C(F)C(F)C(F)F. The Morgan fingerprint density at radius 3 is 1.10 bits per heavy atom. The summed E-state index contributed by atoms with van der Waals surface area (Å²) >= 11 is 0. The minimum atomic E-state index is -8.59. The standard InChI is InChI=1S/C10H6F17O3P/c11-1(3(13)14)2(12)5(16,17)7(20,21)9(24,25)10(26,27)8(22,23)6(18,19)4(15)31(28,29)30/h1-4H,(H2,28,29,30). The molecule has 0 amide bonds. The van der Waals surface area contributed by atoms with E-state index in [-0.39, 0.29) is 0 Å². The first-order chi connectivity index (χ1) is 13.2. The first kappa shape index (κ1) is 30.0. The molecule has 0 heterocycles. The van der Waals surface area contributed by atoms with Crippen molar-refractivity contribution < 1.29 is 89.0 Å². The van der Waals surface area contributed by atoms with Crippen molar-refractivity contribution in [3.05, 3.63) is 0 Å². The third-order valence-corrected chi connectivity index (χ3v) is 4.40. The van der Waals surface area contributed by atoms with Gasteiger partial charge in [-0.1, -0.05) is 0 Å². The molecule has 188 valence electrons. The molecule has 2 N–H and O–H groups in total. The van der Waals surface area contributed by atoms with E-state index in [0.29, 0.717) is 0 Å². The average Bonchev–Trinajstić information content (AvgIpc) is 2.57. The van der Waals surface area contributed by atoms with Crippen LogP contribution in [0.15, 0.2) is 0 Å². The maximum atomic E-state index is 13.3. The highest BCUT2D eigenvalue weighted by molar-refractivity contribution is 7.52. The Labute approximate surface area is 158 Å². The molecule has 3 atom stereocenters. The highest BCUT2D eigenvalue weighted by Crippen LogP contribution is 2.64. The van der Waals surface area contributed by atoms with Gasteiger partial charge in [0.05, 0.1) is 0 Å². The minimum Gasteiger partial charge on any atom is -0.322 e. The van der Waals surface area contributed by atoms with Crippen molar-refractivity contribution in [3.8, 4) is 0 Å². The van der Waals surface area contributed by atoms with Crippen molar-refractivity contribution in [2.45, 2.75) is 60.2 Å². The fourth-order valence-corrected chi connectivity index (χ4v) is 2.26. The van der Waals surface area contributed by atoms with Crippen LogP contribution >= 0.6 is 7.60 Å². The predicted octanol–water partition coefficient (Wildman–Crippen LogP) is 5.21. The molecular weight excluding hydrogens is 522 g/mol. The number of hydrogen-bond donors (Lipinski definition) is 2. The Morgan fingerprint density at radius 2 is 0.839 bits per heavy atom. The van der Waals surface area contributed by atoms with Crippen LogP contribution < -0.4 is 0 Å². The largest absolute Gasteiger partial charge is 0.384 e. The molecule has 0 aromatic heterocycles. The van der Waals surface area contributed by atoms with Gasteiger partial charge in [-0.25, -0.2) is 22.0 Å². The van der Waals surface area contributed by atoms with Gasteiger partial charge in [0, 0.05) is 0 Å². The van der Waals surface area contributed by atoms with E-state index in [1.807, 2.05) is 0 Å². The zero-order chi connectivity index (χ0) is 25.8. The Bertz CT molecular complexity index is 688. The van der Waals surface area contributed by atoms with E-state index in [4.69, 9.17) is 9.79 Å². The second kappa shape index (κ2) is 8.07. The molecule has 31 heavy (non-hydrogen) atoms. The summed E-state index contributed by atoms with van der Waals surface area (Å²) in [4.78, 5) is 16.0. The van der Waals surface area contributed by atoms with Gasteiger partial charge in [0.15, 0.2) is 6.17 Å². The predicted molar refractivity (Wildman–Crippen MR) is 62.4 cm³/mol. The second-order valence-electron chi connectivity index (χ2n) is 5.65. The van der Waals surface area contributed by atoms with Crippen LogP contribution in [-0.4, -0.2) is 70.0 Å². The number of hydrogen-bond acceptors (Lipinski definition) is 1. The molecular formula is C10H6F17O3P. The monoisotopic (exact) mass is 528 g/mol. The molecule has 0 aromatic carbocycles. The zero-order valence-corrected chi connectivity index (χ0v) is 14.4. The maximum Gasteiger partial charge on any atom is 0.384 e. The van der Waals surface area contributed by atoms with Gasteiger partial charge < -0.3 is 9.79 Å². The molecule has 0 aliphatic carbocycles. The van der Waals surface area contributed by atoms with Crippen LogP contribution in [0.25, 0.3) is 0 Å². The average molecular weight is 528 g/mol. The lowest BCUT2D eigenvalue weighted by molar-refractivity contribution is -0.432. The molecule has 0 spiro atoms. The zero-order valence-electron chi connectivity index (χ0n) is 13.5. The normalized spacial score (nSPS) is 18.8. The van der Waals surface area contributed by atoms with Crippen LogP contribution in [0, 0.1) is 0 Å². The van der Waals surface area contributed by atoms with Crippen molar-refractivity contribution in [1.29, 1.82) is 0 Å². The van der Waals surface area contributed by atoms with Crippen LogP contribution in [0.2, 0.25) is 0 Å². The first-order valence-corrected chi connectivity index (χ1v) is 8.38. The number of alkyl halides is 17. The summed E-state index contributed by atoms with van der Waals surface area (Å²) in [5, 5.41) is 0. The van der Waals surface area contributed by atoms with Crippen LogP contribution in [0.1, 0.15) is 0 Å². The van der Waals surface area contributed by atoms with Crippen molar-refractivity contribution in [3.63, 3.8) is 0 Å². The summed E-state index contributed by atoms with van der Waals surface area (Å²) in [6.45, 7) is 0. The van der Waals surface area contributed by atoms with E-state index in [2.05, 4.69) is 0 Å². The summed E-state index contributed by atoms with van der Waals surface area (Å²) in [6.07, 6.45) is -15.9. The lowest BCUT2D eigenvalue weighted by Crippen LogP contribution is -2.73. The van der Waals surface area contributed by atoms with E-state index in [1.165, 1.54) is 0 Å². The quantitative estimate of drug-likeness (QED) is 0.303. The fourth-order valence-electron chi connectivity index (χ4n) is 1.67. The van der Waals surface area contributed by atoms with Crippen molar-refractivity contribution >= 4 is 7.60 Å². The van der Waals surface area contributed by atoms with E-state index < -0.39 is 67.8 Å². The third kappa shape index (κ3) is 4.30. The molecule has 0 radical (unpaired) electrons. The van der Waals surface area contributed by atoms with Gasteiger partial charge >= 0.3 is 43.1 Å². The van der Waals surface area contributed by atoms with Crippen molar-refractivity contribution in [2.24, 2.45) is 0 Å². The van der Waals surface area contributed by atoms with Crippen LogP contribution in [0.3, 0.4) is 0 Å². The third-order valence-electron chi connectivity index (χ3n) is 3.48. The molecule has 0 aliphatic rings. The summed E-state index contributed by atoms with van der Waals surface area (Å²) in [7, 11) is -7.21. The molecule has 0 aliphatic heterocycles. The summed E-state index contributed by atoms with van der Waals surface area (Å²) in [5.41, 5.74) is 0. The Balaban J connectivity index is 6.65. The molecule has 0 saturated carbocycles. The second-order valence-corrected chi connectivity index (χ2v) is 7.28. The van der Waals surface area contributed by atoms with Crippen LogP contribution in [0.5, 0.6) is 0 Å². The van der Waals surface area contributed by atoms with E-state index >= 15 is 0 Å². The van der Waals surface area contributed by atoms with E-state index in [1.54, 1.807) is 0 Å². The summed E-state index contributed by atoms with van der Waals surface area (Å²) in [5.74, 6) is -55.0. The van der Waals surface area contributed by atoms with Gasteiger partial charge in [-0.15, -0.1) is 0 Å². The van der Waals surface area contributed by atoms with Gasteiger partial charge in [0.2, 0.25) is 6.17 Å². The smallest absolute Gasteiger partial charge is 0.322 e. The van der Waals surface area contributed by atoms with E-state index in [9.17, 15) is 79.2 Å². The molecule has 3 nitrogen and oxygen atoms in total. The lowest BCUT2D eigenvalue weighted by Gasteiger charge is -2.42. The summed E-state index contributed by atoms with van der Waals surface area (Å²) < 4.78 is 231. The Kier molecular flexibility index (Phi) is 7.80. The Hall–Kier alpha value is -1.04. The lowest BCUT2D eigenvalue weighted by atomic mass is 9.89. The number of halogens is 17. The minimum absolute atomic E-state index is 4.98. The topological polar surface area (TPSA) is 57.5 Å². The number of rotatable bonds is 10. The van der Waals surface area contributed by atoms with Gasteiger partial charge in [0.25, 0.3) is 12.3 Å². The molecule has 0 bridgehead atoms. The van der Waals surface area contributed by atoms with Gasteiger partial charge in [-0.2, -0.15) is 52.7 Å². The molecule has 0 saturated heterocycles. The molecule has 0 aromatic rings. The van der Waals surface area contributed by atoms with Crippen LogP contribution in [-0.2, 0) is 4.57 Å². The van der Waals surface area contributed by atoms with Gasteiger partial charge in [-0.05, 0) is 0 Å². The highest BCUT2D eigenvalue weighted by atomic mass is 31.2. The fraction of sp³-hybridized carbons (Fsp3) is 1.00. The molecule has 3 unspecified atom stereocenters. The maximum absolute atomic E-state index is 13.3. The van der Waals surface area contributed by atoms with Crippen molar-refractivity contribution in [2.75, 3.05) is 0 Å². The molecule has 0 fully saturated rings. The van der Waals surface area contributed by atoms with E-state index in [0.717, 1.165) is 0 Å².